The van der Waals surface area contributed by atoms with Gasteiger partial charge in [-0.15, -0.1) is 0 Å². The molecular formula is C13H12ClN3O. The first kappa shape index (κ1) is 12.3. The van der Waals surface area contributed by atoms with Crippen molar-refractivity contribution in [3.05, 3.63) is 53.1 Å². The number of halogens is 1. The monoisotopic (exact) mass is 261 g/mol. The van der Waals surface area contributed by atoms with Crippen LogP contribution in [-0.2, 0) is 0 Å². The largest absolute Gasteiger partial charge is 0.397 e. The molecule has 5 N–H and O–H groups in total. The highest BCUT2D eigenvalue weighted by Gasteiger charge is 2.11. The number of carbonyl (C=O) groups is 1. The van der Waals surface area contributed by atoms with Gasteiger partial charge in [-0.25, -0.2) is 0 Å². The van der Waals surface area contributed by atoms with Crippen molar-refractivity contribution in [2.45, 2.75) is 0 Å². The highest BCUT2D eigenvalue weighted by Crippen LogP contribution is 2.28. The molecule has 0 saturated carbocycles. The number of primary amides is 1. The van der Waals surface area contributed by atoms with Gasteiger partial charge in [0.1, 0.15) is 0 Å². The molecule has 5 heteroatoms. The van der Waals surface area contributed by atoms with E-state index in [2.05, 4.69) is 5.32 Å². The lowest BCUT2D eigenvalue weighted by Gasteiger charge is -2.12. The van der Waals surface area contributed by atoms with Gasteiger partial charge in [-0.2, -0.15) is 0 Å². The molecule has 0 aliphatic carbocycles. The van der Waals surface area contributed by atoms with E-state index in [1.165, 1.54) is 0 Å². The summed E-state index contributed by atoms with van der Waals surface area (Å²) in [4.78, 5) is 11.3. The average Bonchev–Trinajstić information content (AvgIpc) is 2.31. The van der Waals surface area contributed by atoms with Crippen LogP contribution in [0.25, 0.3) is 0 Å². The molecule has 0 saturated heterocycles. The van der Waals surface area contributed by atoms with Crippen LogP contribution >= 0.6 is 11.6 Å². The molecule has 92 valence electrons. The molecule has 2 aromatic carbocycles. The van der Waals surface area contributed by atoms with Gasteiger partial charge in [0.05, 0.1) is 16.9 Å². The summed E-state index contributed by atoms with van der Waals surface area (Å²) >= 11 is 5.89. The Morgan fingerprint density at radius 3 is 2.56 bits per heavy atom. The Hall–Kier alpha value is -2.20. The number of rotatable bonds is 3. The van der Waals surface area contributed by atoms with E-state index in [4.69, 9.17) is 23.1 Å². The molecule has 1 amide bonds. The quantitative estimate of drug-likeness (QED) is 0.743. The number of para-hydroxylation sites is 1. The van der Waals surface area contributed by atoms with Gasteiger partial charge in [-0.05, 0) is 30.3 Å². The zero-order valence-corrected chi connectivity index (χ0v) is 10.2. The van der Waals surface area contributed by atoms with E-state index >= 15 is 0 Å². The average molecular weight is 262 g/mol. The minimum absolute atomic E-state index is 0.343. The summed E-state index contributed by atoms with van der Waals surface area (Å²) in [6.07, 6.45) is 0. The van der Waals surface area contributed by atoms with Crippen molar-refractivity contribution >= 4 is 34.6 Å². The Bertz CT molecular complexity index is 599. The van der Waals surface area contributed by atoms with Gasteiger partial charge >= 0.3 is 0 Å². The third-order valence-electron chi connectivity index (χ3n) is 2.46. The third-order valence-corrected chi connectivity index (χ3v) is 2.69. The summed E-state index contributed by atoms with van der Waals surface area (Å²) in [6.45, 7) is 0. The van der Waals surface area contributed by atoms with Crippen molar-refractivity contribution in [2.75, 3.05) is 11.1 Å². The maximum Gasteiger partial charge on any atom is 0.250 e. The number of nitrogen functional groups attached to an aromatic ring is 1. The second kappa shape index (κ2) is 4.98. The van der Waals surface area contributed by atoms with E-state index in [1.54, 1.807) is 36.4 Å². The number of anilines is 3. The fourth-order valence-electron chi connectivity index (χ4n) is 1.63. The van der Waals surface area contributed by atoms with E-state index in [-0.39, 0.29) is 0 Å². The highest BCUT2D eigenvalue weighted by atomic mass is 35.5. The van der Waals surface area contributed by atoms with Crippen LogP contribution in [0.15, 0.2) is 42.5 Å². The number of nitrogens with two attached hydrogens (primary N) is 2. The maximum atomic E-state index is 11.3. The molecule has 2 rings (SSSR count). The smallest absolute Gasteiger partial charge is 0.250 e. The predicted molar refractivity (Wildman–Crippen MR) is 74.1 cm³/mol. The molecule has 2 aromatic rings. The topological polar surface area (TPSA) is 81.1 Å². The van der Waals surface area contributed by atoms with E-state index in [9.17, 15) is 4.79 Å². The van der Waals surface area contributed by atoms with Crippen LogP contribution in [0.1, 0.15) is 10.4 Å². The number of carbonyl (C=O) groups excluding carboxylic acids is 1. The summed E-state index contributed by atoms with van der Waals surface area (Å²) in [5, 5.41) is 3.65. The SMILES string of the molecule is NC(=O)c1cccc(N)c1Nc1cccc(Cl)c1. The van der Waals surface area contributed by atoms with Gasteiger partial charge in [-0.1, -0.05) is 23.7 Å². The van der Waals surface area contributed by atoms with Crippen LogP contribution in [-0.4, -0.2) is 5.91 Å². The predicted octanol–water partition coefficient (Wildman–Crippen LogP) is 2.76. The lowest BCUT2D eigenvalue weighted by molar-refractivity contribution is 0.100. The number of nitrogens with one attached hydrogen (secondary N) is 1. The Balaban J connectivity index is 2.42. The number of hydrogen-bond donors (Lipinski definition) is 3. The highest BCUT2D eigenvalue weighted by molar-refractivity contribution is 6.30. The van der Waals surface area contributed by atoms with Crippen LogP contribution in [0.5, 0.6) is 0 Å². The van der Waals surface area contributed by atoms with Gasteiger partial charge in [0.25, 0.3) is 5.91 Å². The first-order valence-corrected chi connectivity index (χ1v) is 5.66. The molecule has 0 aromatic heterocycles. The Morgan fingerprint density at radius 1 is 1.17 bits per heavy atom. The molecule has 0 bridgehead atoms. The molecule has 0 aliphatic heterocycles. The van der Waals surface area contributed by atoms with Crippen LogP contribution in [0, 0.1) is 0 Å². The molecule has 18 heavy (non-hydrogen) atoms. The summed E-state index contributed by atoms with van der Waals surface area (Å²) in [7, 11) is 0. The zero-order chi connectivity index (χ0) is 13.1. The van der Waals surface area contributed by atoms with E-state index < -0.39 is 5.91 Å². The van der Waals surface area contributed by atoms with Crippen molar-refractivity contribution in [1.29, 1.82) is 0 Å². The molecule has 0 spiro atoms. The Morgan fingerprint density at radius 2 is 1.89 bits per heavy atom. The molecule has 0 unspecified atom stereocenters. The molecule has 0 aliphatic rings. The minimum Gasteiger partial charge on any atom is -0.397 e. The first-order chi connectivity index (χ1) is 8.58. The summed E-state index contributed by atoms with van der Waals surface area (Å²) < 4.78 is 0. The number of hydrogen-bond acceptors (Lipinski definition) is 3. The molecule has 0 radical (unpaired) electrons. The first-order valence-electron chi connectivity index (χ1n) is 5.29. The van der Waals surface area contributed by atoms with Crippen LogP contribution in [0.4, 0.5) is 17.1 Å². The van der Waals surface area contributed by atoms with Gasteiger partial charge in [-0.3, -0.25) is 4.79 Å². The van der Waals surface area contributed by atoms with Crippen LogP contribution < -0.4 is 16.8 Å². The normalized spacial score (nSPS) is 10.1. The number of amides is 1. The summed E-state index contributed by atoms with van der Waals surface area (Å²) in [6, 6.07) is 12.1. The third kappa shape index (κ3) is 2.55. The van der Waals surface area contributed by atoms with Crippen molar-refractivity contribution in [2.24, 2.45) is 5.73 Å². The molecule has 0 fully saturated rings. The maximum absolute atomic E-state index is 11.3. The lowest BCUT2D eigenvalue weighted by Crippen LogP contribution is -2.14. The van der Waals surface area contributed by atoms with E-state index in [0.29, 0.717) is 22.0 Å². The lowest BCUT2D eigenvalue weighted by atomic mass is 10.1. The van der Waals surface area contributed by atoms with Crippen LogP contribution in [0.3, 0.4) is 0 Å². The number of benzene rings is 2. The molecular weight excluding hydrogens is 250 g/mol. The van der Waals surface area contributed by atoms with Gasteiger partial charge in [0, 0.05) is 10.7 Å². The standard InChI is InChI=1S/C13H12ClN3O/c14-8-3-1-4-9(7-8)17-12-10(13(16)18)5-2-6-11(12)15/h1-7,17H,15H2,(H2,16,18). The van der Waals surface area contributed by atoms with Crippen molar-refractivity contribution in [3.63, 3.8) is 0 Å². The Kier molecular flexibility index (Phi) is 3.39. The molecule has 0 heterocycles. The van der Waals surface area contributed by atoms with Crippen molar-refractivity contribution < 1.29 is 4.79 Å². The van der Waals surface area contributed by atoms with Gasteiger partial charge < -0.3 is 16.8 Å². The zero-order valence-electron chi connectivity index (χ0n) is 9.48. The molecule has 4 nitrogen and oxygen atoms in total. The fraction of sp³-hybridized carbons (Fsp3) is 0. The second-order valence-corrected chi connectivity index (χ2v) is 4.21. The fourth-order valence-corrected chi connectivity index (χ4v) is 1.82. The van der Waals surface area contributed by atoms with Crippen molar-refractivity contribution in [1.82, 2.24) is 0 Å². The van der Waals surface area contributed by atoms with Crippen LogP contribution in [0.2, 0.25) is 5.02 Å². The summed E-state index contributed by atoms with van der Waals surface area (Å²) in [5.74, 6) is -0.535. The minimum atomic E-state index is -0.535. The second-order valence-electron chi connectivity index (χ2n) is 3.77. The molecule has 0 atom stereocenters. The van der Waals surface area contributed by atoms with Crippen molar-refractivity contribution in [3.8, 4) is 0 Å². The van der Waals surface area contributed by atoms with E-state index in [0.717, 1.165) is 5.69 Å². The van der Waals surface area contributed by atoms with Gasteiger partial charge in [0.2, 0.25) is 0 Å². The Labute approximate surface area is 110 Å². The summed E-state index contributed by atoms with van der Waals surface area (Å²) in [5.41, 5.74) is 13.2. The van der Waals surface area contributed by atoms with E-state index in [1.807, 2.05) is 6.07 Å². The van der Waals surface area contributed by atoms with Gasteiger partial charge in [0.15, 0.2) is 0 Å².